The van der Waals surface area contributed by atoms with Crippen LogP contribution in [0.3, 0.4) is 0 Å². The molecule has 21 heavy (non-hydrogen) atoms. The van der Waals surface area contributed by atoms with Gasteiger partial charge in [-0.25, -0.2) is 0 Å². The molecule has 1 N–H and O–H groups in total. The van der Waals surface area contributed by atoms with E-state index in [4.69, 9.17) is 14.2 Å². The minimum atomic E-state index is 0.471. The number of nitrogens with one attached hydrogen (secondary N) is 1. The highest BCUT2D eigenvalue weighted by Crippen LogP contribution is 2.29. The molecule has 118 valence electrons. The van der Waals surface area contributed by atoms with Crippen LogP contribution in [0.1, 0.15) is 32.3 Å². The molecule has 1 aliphatic rings. The zero-order chi connectivity index (χ0) is 15.1. The molecule has 0 aromatic heterocycles. The summed E-state index contributed by atoms with van der Waals surface area (Å²) in [5.74, 6) is 2.23. The summed E-state index contributed by atoms with van der Waals surface area (Å²) in [5, 5.41) is 3.42. The fourth-order valence-electron chi connectivity index (χ4n) is 2.39. The van der Waals surface area contributed by atoms with Gasteiger partial charge in [-0.3, -0.25) is 0 Å². The second-order valence-corrected chi connectivity index (χ2v) is 5.89. The summed E-state index contributed by atoms with van der Waals surface area (Å²) >= 11 is 0. The van der Waals surface area contributed by atoms with Gasteiger partial charge in [-0.05, 0) is 36.5 Å². The van der Waals surface area contributed by atoms with Crippen LogP contribution in [0.25, 0.3) is 0 Å². The third-order valence-electron chi connectivity index (χ3n) is 3.76. The zero-order valence-corrected chi connectivity index (χ0v) is 13.4. The van der Waals surface area contributed by atoms with Crippen LogP contribution in [0.5, 0.6) is 11.5 Å². The molecular formula is C17H27NO3. The van der Waals surface area contributed by atoms with Crippen molar-refractivity contribution in [3.63, 3.8) is 0 Å². The van der Waals surface area contributed by atoms with E-state index in [0.29, 0.717) is 12.0 Å². The van der Waals surface area contributed by atoms with Crippen LogP contribution in [-0.2, 0) is 11.3 Å². The van der Waals surface area contributed by atoms with Crippen molar-refractivity contribution in [3.8, 4) is 11.5 Å². The maximum Gasteiger partial charge on any atom is 0.161 e. The topological polar surface area (TPSA) is 39.7 Å². The Balaban J connectivity index is 1.96. The van der Waals surface area contributed by atoms with Crippen molar-refractivity contribution in [2.24, 2.45) is 5.92 Å². The number of ether oxygens (including phenoxy) is 3. The lowest BCUT2D eigenvalue weighted by molar-refractivity contribution is 0.0493. The summed E-state index contributed by atoms with van der Waals surface area (Å²) in [4.78, 5) is 0. The predicted molar refractivity (Wildman–Crippen MR) is 84.0 cm³/mol. The maximum absolute atomic E-state index is 6.01. The van der Waals surface area contributed by atoms with Crippen molar-refractivity contribution in [3.05, 3.63) is 23.8 Å². The fraction of sp³-hybridized carbons (Fsp3) is 0.647. The van der Waals surface area contributed by atoms with Crippen LogP contribution in [-0.4, -0.2) is 33.0 Å². The first-order chi connectivity index (χ1) is 10.2. The Kier molecular flexibility index (Phi) is 6.33. The van der Waals surface area contributed by atoms with Gasteiger partial charge in [0.1, 0.15) is 0 Å². The number of methoxy groups -OCH3 is 1. The van der Waals surface area contributed by atoms with Gasteiger partial charge in [0.15, 0.2) is 11.5 Å². The maximum atomic E-state index is 6.01. The summed E-state index contributed by atoms with van der Waals surface area (Å²) in [6.45, 7) is 7.57. The van der Waals surface area contributed by atoms with Crippen LogP contribution >= 0.6 is 0 Å². The van der Waals surface area contributed by atoms with E-state index in [1.807, 2.05) is 6.07 Å². The van der Waals surface area contributed by atoms with E-state index in [1.165, 1.54) is 5.56 Å². The molecule has 1 saturated heterocycles. The number of benzene rings is 1. The summed E-state index contributed by atoms with van der Waals surface area (Å²) in [6.07, 6.45) is 2.16. The van der Waals surface area contributed by atoms with E-state index in [9.17, 15) is 0 Å². The van der Waals surface area contributed by atoms with Gasteiger partial charge in [0.25, 0.3) is 0 Å². The molecule has 1 fully saturated rings. The molecule has 1 heterocycles. The Morgan fingerprint density at radius 3 is 2.67 bits per heavy atom. The van der Waals surface area contributed by atoms with Crippen LogP contribution in [0.15, 0.2) is 18.2 Å². The lowest BCUT2D eigenvalue weighted by Gasteiger charge is -2.22. The van der Waals surface area contributed by atoms with Crippen molar-refractivity contribution in [1.29, 1.82) is 0 Å². The SMILES string of the molecule is COc1ccc(CNC(C)C)cc1OCC1CCOCC1. The van der Waals surface area contributed by atoms with Crippen molar-refractivity contribution in [2.75, 3.05) is 26.9 Å². The highest BCUT2D eigenvalue weighted by atomic mass is 16.5. The molecule has 0 aliphatic carbocycles. The van der Waals surface area contributed by atoms with Gasteiger partial charge in [-0.1, -0.05) is 19.9 Å². The standard InChI is InChI=1S/C17H27NO3/c1-13(2)18-11-15-4-5-16(19-3)17(10-15)21-12-14-6-8-20-9-7-14/h4-5,10,13-14,18H,6-9,11-12H2,1-3H3. The average molecular weight is 293 g/mol. The lowest BCUT2D eigenvalue weighted by Crippen LogP contribution is -2.22. The van der Waals surface area contributed by atoms with Crippen LogP contribution in [0.2, 0.25) is 0 Å². The first-order valence-electron chi connectivity index (χ1n) is 7.80. The molecular weight excluding hydrogens is 266 g/mol. The average Bonchev–Trinajstić information content (AvgIpc) is 2.52. The highest BCUT2D eigenvalue weighted by Gasteiger charge is 2.15. The Morgan fingerprint density at radius 1 is 1.24 bits per heavy atom. The molecule has 0 radical (unpaired) electrons. The van der Waals surface area contributed by atoms with Gasteiger partial charge < -0.3 is 19.5 Å². The third kappa shape index (κ3) is 5.21. The minimum absolute atomic E-state index is 0.471. The second-order valence-electron chi connectivity index (χ2n) is 5.89. The lowest BCUT2D eigenvalue weighted by atomic mass is 10.0. The third-order valence-corrected chi connectivity index (χ3v) is 3.76. The molecule has 0 bridgehead atoms. The van der Waals surface area contributed by atoms with Gasteiger partial charge in [0, 0.05) is 25.8 Å². The summed E-state index contributed by atoms with van der Waals surface area (Å²) in [7, 11) is 1.68. The van der Waals surface area contributed by atoms with Crippen LogP contribution in [0.4, 0.5) is 0 Å². The smallest absolute Gasteiger partial charge is 0.161 e. The van der Waals surface area contributed by atoms with Gasteiger partial charge in [-0.2, -0.15) is 0 Å². The summed E-state index contributed by atoms with van der Waals surface area (Å²) < 4.78 is 16.8. The number of rotatable bonds is 7. The Morgan fingerprint density at radius 2 is 2.00 bits per heavy atom. The predicted octanol–water partition coefficient (Wildman–Crippen LogP) is 3.00. The van der Waals surface area contributed by atoms with Gasteiger partial charge >= 0.3 is 0 Å². The Hall–Kier alpha value is -1.26. The van der Waals surface area contributed by atoms with Crippen LogP contribution < -0.4 is 14.8 Å². The first-order valence-corrected chi connectivity index (χ1v) is 7.80. The molecule has 4 nitrogen and oxygen atoms in total. The summed E-state index contributed by atoms with van der Waals surface area (Å²) in [5.41, 5.74) is 1.21. The fourth-order valence-corrected chi connectivity index (χ4v) is 2.39. The van der Waals surface area contributed by atoms with E-state index in [2.05, 4.69) is 31.3 Å². The van der Waals surface area contributed by atoms with Crippen LogP contribution in [0, 0.1) is 5.92 Å². The second kappa shape index (κ2) is 8.25. The van der Waals surface area contributed by atoms with Crippen molar-refractivity contribution < 1.29 is 14.2 Å². The normalized spacial score (nSPS) is 16.2. The Labute approximate surface area is 127 Å². The van der Waals surface area contributed by atoms with Crippen molar-refractivity contribution in [1.82, 2.24) is 5.32 Å². The molecule has 1 aliphatic heterocycles. The molecule has 1 aromatic rings. The van der Waals surface area contributed by atoms with E-state index < -0.39 is 0 Å². The van der Waals surface area contributed by atoms with Gasteiger partial charge in [0.05, 0.1) is 13.7 Å². The molecule has 2 rings (SSSR count). The summed E-state index contributed by atoms with van der Waals surface area (Å²) in [6, 6.07) is 6.61. The quantitative estimate of drug-likeness (QED) is 0.839. The van der Waals surface area contributed by atoms with E-state index in [1.54, 1.807) is 7.11 Å². The molecule has 0 amide bonds. The van der Waals surface area contributed by atoms with Crippen molar-refractivity contribution in [2.45, 2.75) is 39.3 Å². The monoisotopic (exact) mass is 293 g/mol. The van der Waals surface area contributed by atoms with Gasteiger partial charge in [0.2, 0.25) is 0 Å². The molecule has 0 spiro atoms. The Bertz CT molecular complexity index is 428. The number of hydrogen-bond donors (Lipinski definition) is 1. The molecule has 1 aromatic carbocycles. The van der Waals surface area contributed by atoms with E-state index in [0.717, 1.165) is 50.7 Å². The van der Waals surface area contributed by atoms with E-state index >= 15 is 0 Å². The number of hydrogen-bond acceptors (Lipinski definition) is 4. The first kappa shape index (κ1) is 16.1. The molecule has 0 atom stereocenters. The van der Waals surface area contributed by atoms with Crippen molar-refractivity contribution >= 4 is 0 Å². The molecule has 0 unspecified atom stereocenters. The van der Waals surface area contributed by atoms with Gasteiger partial charge in [-0.15, -0.1) is 0 Å². The molecule has 0 saturated carbocycles. The van der Waals surface area contributed by atoms with E-state index in [-0.39, 0.29) is 0 Å². The highest BCUT2D eigenvalue weighted by molar-refractivity contribution is 5.43. The minimum Gasteiger partial charge on any atom is -0.493 e. The largest absolute Gasteiger partial charge is 0.493 e. The zero-order valence-electron chi connectivity index (χ0n) is 13.4. The molecule has 4 heteroatoms.